The van der Waals surface area contributed by atoms with E-state index in [1.807, 2.05) is 0 Å². The van der Waals surface area contributed by atoms with Crippen LogP contribution in [0, 0.1) is 0 Å². The van der Waals surface area contributed by atoms with Crippen LogP contribution in [0.4, 0.5) is 5.69 Å². The molecule has 0 aromatic heterocycles. The highest BCUT2D eigenvalue weighted by molar-refractivity contribution is 5.97. The van der Waals surface area contributed by atoms with Gasteiger partial charge in [-0.15, -0.1) is 0 Å². The molecule has 0 heterocycles. The van der Waals surface area contributed by atoms with Crippen molar-refractivity contribution in [2.24, 2.45) is 5.73 Å². The van der Waals surface area contributed by atoms with Crippen LogP contribution in [0.2, 0.25) is 0 Å². The van der Waals surface area contributed by atoms with E-state index < -0.39 is 0 Å². The average molecular weight is 289 g/mol. The van der Waals surface area contributed by atoms with Gasteiger partial charge in [0.25, 0.3) is 5.91 Å². The fraction of sp³-hybridized carbons (Fsp3) is 0.500. The van der Waals surface area contributed by atoms with Crippen LogP contribution in [0.5, 0.6) is 0 Å². The largest absolute Gasteiger partial charge is 0.349 e. The molecule has 2 rings (SSSR count). The lowest BCUT2D eigenvalue weighted by Gasteiger charge is -2.08. The number of hydrogen-bond acceptors (Lipinski definition) is 3. The van der Waals surface area contributed by atoms with Crippen molar-refractivity contribution in [3.05, 3.63) is 29.8 Å². The van der Waals surface area contributed by atoms with Crippen molar-refractivity contribution in [2.75, 3.05) is 11.9 Å². The monoisotopic (exact) mass is 289 g/mol. The number of amides is 2. The third-order valence-electron chi connectivity index (χ3n) is 3.43. The number of benzene rings is 1. The molecule has 0 radical (unpaired) electrons. The fourth-order valence-corrected chi connectivity index (χ4v) is 2.06. The van der Waals surface area contributed by atoms with Crippen molar-refractivity contribution >= 4 is 17.5 Å². The molecule has 0 unspecified atom stereocenters. The Bertz CT molecular complexity index is 498. The molecule has 4 N–H and O–H groups in total. The van der Waals surface area contributed by atoms with Crippen LogP contribution in [0.3, 0.4) is 0 Å². The molecule has 5 heteroatoms. The summed E-state index contributed by atoms with van der Waals surface area (Å²) in [4.78, 5) is 23.7. The van der Waals surface area contributed by atoms with Crippen molar-refractivity contribution in [3.63, 3.8) is 0 Å². The summed E-state index contributed by atoms with van der Waals surface area (Å²) in [7, 11) is 0. The number of nitrogens with one attached hydrogen (secondary N) is 2. The summed E-state index contributed by atoms with van der Waals surface area (Å²) >= 11 is 0. The van der Waals surface area contributed by atoms with E-state index in [9.17, 15) is 9.59 Å². The zero-order valence-corrected chi connectivity index (χ0v) is 12.2. The van der Waals surface area contributed by atoms with Crippen LogP contribution in [0.1, 0.15) is 48.9 Å². The van der Waals surface area contributed by atoms with Gasteiger partial charge in [-0.25, -0.2) is 0 Å². The van der Waals surface area contributed by atoms with Gasteiger partial charge in [-0.1, -0.05) is 12.5 Å². The Morgan fingerprint density at radius 3 is 2.71 bits per heavy atom. The first kappa shape index (κ1) is 15.5. The molecular formula is C16H23N3O2. The van der Waals surface area contributed by atoms with Crippen LogP contribution in [0.25, 0.3) is 0 Å². The molecule has 0 bridgehead atoms. The maximum atomic E-state index is 11.9. The highest BCUT2D eigenvalue weighted by atomic mass is 16.2. The molecule has 21 heavy (non-hydrogen) atoms. The Hall–Kier alpha value is -1.88. The van der Waals surface area contributed by atoms with Crippen LogP contribution >= 0.6 is 0 Å². The highest BCUT2D eigenvalue weighted by Gasteiger charge is 2.23. The molecule has 114 valence electrons. The van der Waals surface area contributed by atoms with Crippen LogP contribution in [0.15, 0.2) is 24.3 Å². The number of anilines is 1. The molecule has 0 aliphatic heterocycles. The maximum Gasteiger partial charge on any atom is 0.251 e. The third-order valence-corrected chi connectivity index (χ3v) is 3.43. The Kier molecular flexibility index (Phi) is 5.75. The number of nitrogens with two attached hydrogens (primary N) is 1. The van der Waals surface area contributed by atoms with E-state index in [4.69, 9.17) is 5.73 Å². The normalized spacial score (nSPS) is 13.8. The van der Waals surface area contributed by atoms with Crippen LogP contribution in [-0.4, -0.2) is 24.4 Å². The number of hydrogen-bond donors (Lipinski definition) is 3. The topological polar surface area (TPSA) is 84.2 Å². The quantitative estimate of drug-likeness (QED) is 0.640. The SMILES string of the molecule is NCCCCCC(=O)Nc1cccc(C(=O)NC2CC2)c1. The Labute approximate surface area is 125 Å². The lowest BCUT2D eigenvalue weighted by molar-refractivity contribution is -0.116. The summed E-state index contributed by atoms with van der Waals surface area (Å²) in [6, 6.07) is 7.39. The van der Waals surface area contributed by atoms with Crippen LogP contribution in [-0.2, 0) is 4.79 Å². The van der Waals surface area contributed by atoms with Gasteiger partial charge < -0.3 is 16.4 Å². The van der Waals surface area contributed by atoms with Crippen molar-refractivity contribution in [1.82, 2.24) is 5.32 Å². The van der Waals surface area contributed by atoms with Gasteiger partial charge in [0.05, 0.1) is 0 Å². The minimum atomic E-state index is -0.0726. The summed E-state index contributed by atoms with van der Waals surface area (Å²) in [6.07, 6.45) is 5.36. The Morgan fingerprint density at radius 1 is 1.19 bits per heavy atom. The second-order valence-corrected chi connectivity index (χ2v) is 5.48. The zero-order valence-electron chi connectivity index (χ0n) is 12.2. The Morgan fingerprint density at radius 2 is 2.00 bits per heavy atom. The number of carbonyl (C=O) groups excluding carboxylic acids is 2. The molecule has 1 aliphatic carbocycles. The minimum absolute atomic E-state index is 0.0215. The molecule has 0 spiro atoms. The molecule has 1 aromatic rings. The van der Waals surface area contributed by atoms with Gasteiger partial charge in [0, 0.05) is 23.7 Å². The highest BCUT2D eigenvalue weighted by Crippen LogP contribution is 2.20. The van der Waals surface area contributed by atoms with E-state index in [-0.39, 0.29) is 11.8 Å². The molecule has 2 amide bonds. The molecule has 5 nitrogen and oxygen atoms in total. The Balaban J connectivity index is 1.82. The molecule has 1 saturated carbocycles. The van der Waals surface area contributed by atoms with Gasteiger partial charge in [0.1, 0.15) is 0 Å². The van der Waals surface area contributed by atoms with Gasteiger partial charge in [0.15, 0.2) is 0 Å². The van der Waals surface area contributed by atoms with Crippen molar-refractivity contribution in [2.45, 2.75) is 44.6 Å². The van der Waals surface area contributed by atoms with Gasteiger partial charge in [-0.05, 0) is 50.4 Å². The fourth-order valence-electron chi connectivity index (χ4n) is 2.06. The molecular weight excluding hydrogens is 266 g/mol. The lowest BCUT2D eigenvalue weighted by atomic mass is 10.1. The lowest BCUT2D eigenvalue weighted by Crippen LogP contribution is -2.25. The standard InChI is InChI=1S/C16H23N3O2/c17-10-3-1-2-7-15(20)18-14-6-4-5-12(11-14)16(21)19-13-8-9-13/h4-6,11,13H,1-3,7-10,17H2,(H,18,20)(H,19,21). The van der Waals surface area contributed by atoms with E-state index in [1.165, 1.54) is 0 Å². The second-order valence-electron chi connectivity index (χ2n) is 5.48. The smallest absolute Gasteiger partial charge is 0.251 e. The first-order valence-electron chi connectivity index (χ1n) is 7.60. The molecule has 0 atom stereocenters. The maximum absolute atomic E-state index is 11.9. The number of unbranched alkanes of at least 4 members (excludes halogenated alkanes) is 2. The number of carbonyl (C=O) groups is 2. The van der Waals surface area contributed by atoms with Crippen LogP contribution < -0.4 is 16.4 Å². The molecule has 1 aromatic carbocycles. The minimum Gasteiger partial charge on any atom is -0.349 e. The van der Waals surface area contributed by atoms with Gasteiger partial charge in [-0.3, -0.25) is 9.59 Å². The summed E-state index contributed by atoms with van der Waals surface area (Å²) in [5.41, 5.74) is 6.67. The predicted molar refractivity (Wildman–Crippen MR) is 83.1 cm³/mol. The predicted octanol–water partition coefficient (Wildman–Crippen LogP) is 2.04. The van der Waals surface area contributed by atoms with E-state index in [0.29, 0.717) is 30.3 Å². The van der Waals surface area contributed by atoms with E-state index in [0.717, 1.165) is 32.1 Å². The van der Waals surface area contributed by atoms with Gasteiger partial charge >= 0.3 is 0 Å². The van der Waals surface area contributed by atoms with Crippen molar-refractivity contribution in [1.29, 1.82) is 0 Å². The summed E-state index contributed by atoms with van der Waals surface area (Å²) in [5, 5.41) is 5.77. The van der Waals surface area contributed by atoms with Gasteiger partial charge in [-0.2, -0.15) is 0 Å². The summed E-state index contributed by atoms with van der Waals surface area (Å²) < 4.78 is 0. The van der Waals surface area contributed by atoms with Crippen molar-refractivity contribution in [3.8, 4) is 0 Å². The average Bonchev–Trinajstić information content (AvgIpc) is 3.28. The van der Waals surface area contributed by atoms with Crippen molar-refractivity contribution < 1.29 is 9.59 Å². The van der Waals surface area contributed by atoms with Gasteiger partial charge in [0.2, 0.25) is 5.91 Å². The summed E-state index contributed by atoms with van der Waals surface area (Å²) in [5.74, 6) is -0.0942. The van der Waals surface area contributed by atoms with E-state index >= 15 is 0 Å². The van der Waals surface area contributed by atoms with E-state index in [1.54, 1.807) is 24.3 Å². The number of rotatable bonds is 8. The second kappa shape index (κ2) is 7.78. The van der Waals surface area contributed by atoms with E-state index in [2.05, 4.69) is 10.6 Å². The first-order valence-corrected chi connectivity index (χ1v) is 7.60. The summed E-state index contributed by atoms with van der Waals surface area (Å²) in [6.45, 7) is 0.666. The molecule has 1 aliphatic rings. The zero-order chi connectivity index (χ0) is 15.1. The third kappa shape index (κ3) is 5.55. The molecule has 1 fully saturated rings. The molecule has 0 saturated heterocycles. The first-order chi connectivity index (χ1) is 10.2.